The number of fused-ring (bicyclic) bond motifs is 14. The molecular weight excluding hydrogens is 815 g/mol. The molecule has 0 amide bonds. The van der Waals surface area contributed by atoms with Crippen molar-refractivity contribution in [2.45, 2.75) is 24.7 Å². The molecule has 66 heavy (non-hydrogen) atoms. The molecule has 9 aromatic carbocycles. The van der Waals surface area contributed by atoms with Crippen molar-refractivity contribution >= 4 is 50.6 Å². The van der Waals surface area contributed by atoms with Crippen LogP contribution >= 0.6 is 11.3 Å². The number of benzene rings is 9. The zero-order valence-electron chi connectivity index (χ0n) is 37.0. The zero-order chi connectivity index (χ0) is 44.3. The lowest BCUT2D eigenvalue weighted by Crippen LogP contribution is -2.26. The Morgan fingerprint density at radius 1 is 0.424 bits per heavy atom. The van der Waals surface area contributed by atoms with E-state index >= 15 is 0 Å². The molecule has 13 rings (SSSR count). The van der Waals surface area contributed by atoms with E-state index in [9.17, 15) is 0 Å². The van der Waals surface area contributed by atoms with E-state index in [1.165, 1.54) is 99.1 Å². The van der Waals surface area contributed by atoms with Gasteiger partial charge in [-0.1, -0.05) is 197 Å². The highest BCUT2D eigenvalue weighted by atomic mass is 32.1. The van der Waals surface area contributed by atoms with Gasteiger partial charge in [0.15, 0.2) is 0 Å². The Morgan fingerprint density at radius 2 is 1.00 bits per heavy atom. The maximum atomic E-state index is 4.15. The molecule has 10 aromatic rings. The summed E-state index contributed by atoms with van der Waals surface area (Å²) >= 11 is 1.77. The van der Waals surface area contributed by atoms with E-state index in [0.29, 0.717) is 0 Å². The highest BCUT2D eigenvalue weighted by Crippen LogP contribution is 2.66. The van der Waals surface area contributed by atoms with Gasteiger partial charge in [-0.05, 0) is 131 Å². The summed E-state index contributed by atoms with van der Waals surface area (Å²) < 4.78 is 1.24. The molecule has 1 spiro atoms. The van der Waals surface area contributed by atoms with Crippen LogP contribution < -0.4 is 4.90 Å². The third-order valence-corrected chi connectivity index (χ3v) is 16.1. The number of rotatable bonds is 7. The van der Waals surface area contributed by atoms with E-state index < -0.39 is 5.41 Å². The smallest absolute Gasteiger partial charge is 0.0726 e. The fourth-order valence-electron chi connectivity index (χ4n) is 12.0. The normalized spacial score (nSPS) is 15.4. The first kappa shape index (κ1) is 38.7. The predicted octanol–water partition coefficient (Wildman–Crippen LogP) is 17.6. The summed E-state index contributed by atoms with van der Waals surface area (Å²) in [6.45, 7) is 13.0. The van der Waals surface area contributed by atoms with Gasteiger partial charge in [-0.15, -0.1) is 11.3 Å². The summed E-state index contributed by atoms with van der Waals surface area (Å²) in [7, 11) is 0. The summed E-state index contributed by atoms with van der Waals surface area (Å²) in [5.74, 6) is 0. The van der Waals surface area contributed by atoms with Crippen LogP contribution in [0, 0.1) is 0 Å². The maximum Gasteiger partial charge on any atom is 0.0726 e. The second kappa shape index (κ2) is 14.4. The van der Waals surface area contributed by atoms with Crippen LogP contribution in [-0.2, 0) is 10.8 Å². The molecule has 1 heterocycles. The standard InChI is InChI=1S/C64H45NS/c1-5-45-51-38-42(32-37-60(51)66-59(45)6-2)40-30-33-43(34-31-40)65(44-35-36-48-47-20-10-13-24-52(47)63(3,4)57(48)39-44)58-29-17-28-56-62(58)50-22-12-15-26-54(50)64(56)53-25-14-11-21-49(53)61-46(23-16-27-55(61)64)41-18-8-7-9-19-41/h5-39H,1-2H2,3-4H3. The van der Waals surface area contributed by atoms with Crippen LogP contribution in [0.2, 0.25) is 0 Å². The molecule has 1 aromatic heterocycles. The molecule has 0 radical (unpaired) electrons. The lowest BCUT2D eigenvalue weighted by Gasteiger charge is -2.32. The van der Waals surface area contributed by atoms with Gasteiger partial charge in [0.05, 0.1) is 11.1 Å². The molecule has 1 atom stereocenters. The number of anilines is 3. The summed E-state index contributed by atoms with van der Waals surface area (Å²) in [6.07, 6.45) is 3.90. The first-order chi connectivity index (χ1) is 32.4. The molecule has 0 fully saturated rings. The summed E-state index contributed by atoms with van der Waals surface area (Å²) in [5, 5.41) is 1.22. The van der Waals surface area contributed by atoms with E-state index in [0.717, 1.165) is 27.5 Å². The number of thiophene rings is 1. The molecular formula is C64H45NS. The van der Waals surface area contributed by atoms with Crippen molar-refractivity contribution in [2.24, 2.45) is 0 Å². The highest BCUT2D eigenvalue weighted by molar-refractivity contribution is 7.20. The van der Waals surface area contributed by atoms with Gasteiger partial charge in [0.25, 0.3) is 0 Å². The van der Waals surface area contributed by atoms with Gasteiger partial charge >= 0.3 is 0 Å². The number of hydrogen-bond acceptors (Lipinski definition) is 2. The molecule has 0 N–H and O–H groups in total. The van der Waals surface area contributed by atoms with Crippen LogP contribution in [0.3, 0.4) is 0 Å². The van der Waals surface area contributed by atoms with Gasteiger partial charge in [-0.3, -0.25) is 0 Å². The van der Waals surface area contributed by atoms with Gasteiger partial charge in [-0.2, -0.15) is 0 Å². The molecule has 0 saturated heterocycles. The number of nitrogens with zero attached hydrogens (tertiary/aromatic N) is 1. The third-order valence-electron chi connectivity index (χ3n) is 14.9. The largest absolute Gasteiger partial charge is 0.310 e. The Bertz CT molecular complexity index is 3660. The average Bonchev–Trinajstić information content (AvgIpc) is 4.06. The fourth-order valence-corrected chi connectivity index (χ4v) is 13.0. The van der Waals surface area contributed by atoms with Gasteiger partial charge in [-0.25, -0.2) is 0 Å². The molecule has 0 bridgehead atoms. The van der Waals surface area contributed by atoms with Crippen molar-refractivity contribution in [3.63, 3.8) is 0 Å². The quantitative estimate of drug-likeness (QED) is 0.154. The predicted molar refractivity (Wildman–Crippen MR) is 281 cm³/mol. The van der Waals surface area contributed by atoms with Crippen LogP contribution in [0.1, 0.15) is 57.7 Å². The van der Waals surface area contributed by atoms with E-state index in [2.05, 4.69) is 232 Å². The van der Waals surface area contributed by atoms with Gasteiger partial charge < -0.3 is 4.90 Å². The van der Waals surface area contributed by atoms with Crippen molar-refractivity contribution in [2.75, 3.05) is 4.90 Å². The summed E-state index contributed by atoms with van der Waals surface area (Å²) in [4.78, 5) is 3.68. The lowest BCUT2D eigenvalue weighted by atomic mass is 9.70. The highest BCUT2D eigenvalue weighted by Gasteiger charge is 2.53. The van der Waals surface area contributed by atoms with Crippen molar-refractivity contribution in [1.29, 1.82) is 0 Å². The van der Waals surface area contributed by atoms with Crippen LogP contribution in [0.4, 0.5) is 17.1 Å². The van der Waals surface area contributed by atoms with Crippen molar-refractivity contribution in [3.05, 3.63) is 257 Å². The molecule has 0 aliphatic heterocycles. The molecule has 0 saturated carbocycles. The van der Waals surface area contributed by atoms with E-state index in [-0.39, 0.29) is 5.41 Å². The van der Waals surface area contributed by atoms with Gasteiger partial charge in [0, 0.05) is 37.3 Å². The first-order valence-electron chi connectivity index (χ1n) is 22.9. The Labute approximate surface area is 390 Å². The lowest BCUT2D eigenvalue weighted by molar-refractivity contribution is 0.660. The van der Waals surface area contributed by atoms with Crippen LogP contribution in [-0.4, -0.2) is 0 Å². The second-order valence-corrected chi connectivity index (χ2v) is 19.5. The van der Waals surface area contributed by atoms with Gasteiger partial charge in [0.2, 0.25) is 0 Å². The minimum absolute atomic E-state index is 0.156. The second-order valence-electron chi connectivity index (χ2n) is 18.4. The van der Waals surface area contributed by atoms with Crippen molar-refractivity contribution in [3.8, 4) is 55.6 Å². The van der Waals surface area contributed by atoms with Crippen LogP contribution in [0.15, 0.2) is 213 Å². The Hall–Kier alpha value is -7.78. The molecule has 3 aliphatic rings. The third kappa shape index (κ3) is 5.22. The molecule has 312 valence electrons. The Kier molecular flexibility index (Phi) is 8.41. The fraction of sp³-hybridized carbons (Fsp3) is 0.0625. The molecule has 1 nitrogen and oxygen atoms in total. The molecule has 3 aliphatic carbocycles. The number of hydrogen-bond donors (Lipinski definition) is 0. The van der Waals surface area contributed by atoms with E-state index in [1.54, 1.807) is 11.3 Å². The topological polar surface area (TPSA) is 3.24 Å². The minimum Gasteiger partial charge on any atom is -0.310 e. The van der Waals surface area contributed by atoms with E-state index in [1.807, 2.05) is 12.2 Å². The SMILES string of the molecule is C=Cc1sc2ccc(-c3ccc(N(c4ccc5c(c4)C(C)(C)c4ccccc4-5)c4cccc5c4-c4ccccc4C54c5ccccc5-c5c(-c6ccccc6)cccc54)cc3)cc2c1C=C. The molecule has 2 heteroatoms. The van der Waals surface area contributed by atoms with Crippen LogP contribution in [0.25, 0.3) is 77.9 Å². The average molecular weight is 860 g/mol. The molecule has 1 unspecified atom stereocenters. The van der Waals surface area contributed by atoms with Gasteiger partial charge in [0.1, 0.15) is 0 Å². The monoisotopic (exact) mass is 859 g/mol. The summed E-state index contributed by atoms with van der Waals surface area (Å²) in [6, 6.07) is 75.3. The van der Waals surface area contributed by atoms with Crippen molar-refractivity contribution in [1.82, 2.24) is 0 Å². The zero-order valence-corrected chi connectivity index (χ0v) is 37.8. The van der Waals surface area contributed by atoms with Crippen molar-refractivity contribution < 1.29 is 0 Å². The van der Waals surface area contributed by atoms with E-state index in [4.69, 9.17) is 0 Å². The first-order valence-corrected chi connectivity index (χ1v) is 23.7. The Morgan fingerprint density at radius 3 is 1.73 bits per heavy atom. The Balaban J connectivity index is 1.05. The maximum absolute atomic E-state index is 4.15. The summed E-state index contributed by atoms with van der Waals surface area (Å²) in [5.41, 5.74) is 24.6. The minimum atomic E-state index is -0.508. The van der Waals surface area contributed by atoms with Crippen LogP contribution in [0.5, 0.6) is 0 Å².